The molecule has 2 aromatic rings. The van der Waals surface area contributed by atoms with Crippen molar-refractivity contribution in [2.45, 2.75) is 19.6 Å². The molecule has 2 N–H and O–H groups in total. The first-order valence-corrected chi connectivity index (χ1v) is 6.25. The topological polar surface area (TPSA) is 35.2 Å². The molecular formula is C13H14FNOS. The van der Waals surface area contributed by atoms with E-state index in [-0.39, 0.29) is 11.9 Å². The van der Waals surface area contributed by atoms with E-state index in [4.69, 9.17) is 10.5 Å². The summed E-state index contributed by atoms with van der Waals surface area (Å²) >= 11 is 1.63. The Balaban J connectivity index is 2.14. The molecule has 0 unspecified atom stereocenters. The zero-order chi connectivity index (χ0) is 12.3. The number of halogens is 1. The Morgan fingerprint density at radius 3 is 2.88 bits per heavy atom. The van der Waals surface area contributed by atoms with Crippen molar-refractivity contribution in [2.75, 3.05) is 0 Å². The third-order valence-electron chi connectivity index (χ3n) is 2.41. The summed E-state index contributed by atoms with van der Waals surface area (Å²) < 4.78 is 18.8. The number of benzene rings is 1. The summed E-state index contributed by atoms with van der Waals surface area (Å²) in [5.74, 6) is 0.357. The highest BCUT2D eigenvalue weighted by atomic mass is 32.1. The zero-order valence-electron chi connectivity index (χ0n) is 9.52. The van der Waals surface area contributed by atoms with Gasteiger partial charge in [0.1, 0.15) is 18.2 Å². The monoisotopic (exact) mass is 251 g/mol. The lowest BCUT2D eigenvalue weighted by Crippen LogP contribution is -2.08. The summed E-state index contributed by atoms with van der Waals surface area (Å²) in [4.78, 5) is 1.13. The van der Waals surface area contributed by atoms with Crippen LogP contribution < -0.4 is 10.5 Å². The predicted octanol–water partition coefficient (Wildman–Crippen LogP) is 3.49. The molecule has 1 aromatic heterocycles. The van der Waals surface area contributed by atoms with Crippen molar-refractivity contribution in [3.8, 4) is 5.75 Å². The first-order valence-electron chi connectivity index (χ1n) is 5.37. The molecule has 0 saturated carbocycles. The predicted molar refractivity (Wildman–Crippen MR) is 67.7 cm³/mol. The molecule has 0 saturated heterocycles. The highest BCUT2D eigenvalue weighted by Gasteiger charge is 2.09. The minimum Gasteiger partial charge on any atom is -0.488 e. The van der Waals surface area contributed by atoms with E-state index in [0.717, 1.165) is 4.88 Å². The minimum atomic E-state index is -0.291. The average Bonchev–Trinajstić information content (AvgIpc) is 2.80. The van der Waals surface area contributed by atoms with Crippen LogP contribution in [0.1, 0.15) is 23.4 Å². The van der Waals surface area contributed by atoms with Crippen LogP contribution in [-0.2, 0) is 6.61 Å². The second kappa shape index (κ2) is 5.29. The number of rotatable bonds is 4. The molecule has 0 aliphatic carbocycles. The standard InChI is InChI=1S/C13H14FNOS/c1-9(15)12-7-10(14)4-5-13(12)16-8-11-3-2-6-17-11/h2-7,9H,8,15H2,1H3/t9-/m1/s1. The van der Waals surface area contributed by atoms with Gasteiger partial charge in [-0.05, 0) is 36.6 Å². The Morgan fingerprint density at radius 2 is 2.24 bits per heavy atom. The number of hydrogen-bond acceptors (Lipinski definition) is 3. The number of nitrogens with two attached hydrogens (primary N) is 1. The maximum Gasteiger partial charge on any atom is 0.124 e. The Morgan fingerprint density at radius 1 is 1.41 bits per heavy atom. The Hall–Kier alpha value is -1.39. The lowest BCUT2D eigenvalue weighted by atomic mass is 10.1. The molecule has 1 atom stereocenters. The van der Waals surface area contributed by atoms with Crippen LogP contribution in [0.2, 0.25) is 0 Å². The Bertz CT molecular complexity index is 482. The lowest BCUT2D eigenvalue weighted by Gasteiger charge is -2.13. The molecule has 2 nitrogen and oxygen atoms in total. The molecule has 17 heavy (non-hydrogen) atoms. The van der Waals surface area contributed by atoms with Gasteiger partial charge < -0.3 is 10.5 Å². The molecule has 0 radical (unpaired) electrons. The Labute approximate surface area is 104 Å². The van der Waals surface area contributed by atoms with E-state index in [9.17, 15) is 4.39 Å². The normalized spacial score (nSPS) is 12.4. The number of hydrogen-bond donors (Lipinski definition) is 1. The lowest BCUT2D eigenvalue weighted by molar-refractivity contribution is 0.304. The van der Waals surface area contributed by atoms with E-state index in [2.05, 4.69) is 0 Å². The van der Waals surface area contributed by atoms with E-state index >= 15 is 0 Å². The summed E-state index contributed by atoms with van der Waals surface area (Å²) in [6.07, 6.45) is 0. The second-order valence-corrected chi connectivity index (χ2v) is 4.87. The number of thiophene rings is 1. The molecule has 90 valence electrons. The van der Waals surface area contributed by atoms with Crippen molar-refractivity contribution in [3.63, 3.8) is 0 Å². The van der Waals surface area contributed by atoms with Crippen molar-refractivity contribution in [1.29, 1.82) is 0 Å². The zero-order valence-corrected chi connectivity index (χ0v) is 10.3. The van der Waals surface area contributed by atoms with E-state index in [1.54, 1.807) is 17.4 Å². The smallest absolute Gasteiger partial charge is 0.124 e. The summed E-state index contributed by atoms with van der Waals surface area (Å²) in [6, 6.07) is 8.16. The van der Waals surface area contributed by atoms with Crippen LogP contribution >= 0.6 is 11.3 Å². The summed E-state index contributed by atoms with van der Waals surface area (Å²) in [6.45, 7) is 2.30. The average molecular weight is 251 g/mol. The van der Waals surface area contributed by atoms with Crippen LogP contribution in [0.3, 0.4) is 0 Å². The molecular weight excluding hydrogens is 237 g/mol. The summed E-state index contributed by atoms with van der Waals surface area (Å²) in [7, 11) is 0. The van der Waals surface area contributed by atoms with Gasteiger partial charge in [0.05, 0.1) is 0 Å². The van der Waals surface area contributed by atoms with E-state index < -0.39 is 0 Å². The van der Waals surface area contributed by atoms with Gasteiger partial charge in [-0.2, -0.15) is 0 Å². The van der Waals surface area contributed by atoms with Gasteiger partial charge in [-0.25, -0.2) is 4.39 Å². The molecule has 0 bridgehead atoms. The van der Waals surface area contributed by atoms with Crippen molar-refractivity contribution >= 4 is 11.3 Å². The molecule has 0 amide bonds. The molecule has 4 heteroatoms. The van der Waals surface area contributed by atoms with Gasteiger partial charge >= 0.3 is 0 Å². The molecule has 0 fully saturated rings. The maximum absolute atomic E-state index is 13.1. The van der Waals surface area contributed by atoms with Crippen LogP contribution in [0.5, 0.6) is 5.75 Å². The van der Waals surface area contributed by atoms with Gasteiger partial charge in [-0.15, -0.1) is 11.3 Å². The van der Waals surface area contributed by atoms with Gasteiger partial charge in [0, 0.05) is 16.5 Å². The van der Waals surface area contributed by atoms with E-state index in [1.807, 2.05) is 24.4 Å². The largest absolute Gasteiger partial charge is 0.488 e. The minimum absolute atomic E-state index is 0.246. The third kappa shape index (κ3) is 3.05. The fraction of sp³-hybridized carbons (Fsp3) is 0.231. The highest BCUT2D eigenvalue weighted by Crippen LogP contribution is 2.26. The van der Waals surface area contributed by atoms with Crippen molar-refractivity contribution in [2.24, 2.45) is 5.73 Å². The van der Waals surface area contributed by atoms with E-state index in [0.29, 0.717) is 17.9 Å². The Kier molecular flexibility index (Phi) is 3.76. The molecule has 0 spiro atoms. The van der Waals surface area contributed by atoms with Gasteiger partial charge in [0.2, 0.25) is 0 Å². The molecule has 0 aliphatic rings. The third-order valence-corrected chi connectivity index (χ3v) is 3.26. The van der Waals surface area contributed by atoms with Crippen LogP contribution in [0.4, 0.5) is 4.39 Å². The van der Waals surface area contributed by atoms with Gasteiger partial charge in [-0.3, -0.25) is 0 Å². The second-order valence-electron chi connectivity index (χ2n) is 3.84. The summed E-state index contributed by atoms with van der Waals surface area (Å²) in [5.41, 5.74) is 6.48. The molecule has 1 aromatic carbocycles. The quantitative estimate of drug-likeness (QED) is 0.902. The first-order chi connectivity index (χ1) is 8.16. The molecule has 1 heterocycles. The first kappa shape index (κ1) is 12.1. The molecule has 2 rings (SSSR count). The highest BCUT2D eigenvalue weighted by molar-refractivity contribution is 7.09. The van der Waals surface area contributed by atoms with Crippen LogP contribution in [0, 0.1) is 5.82 Å². The fourth-order valence-corrected chi connectivity index (χ4v) is 2.17. The van der Waals surface area contributed by atoms with E-state index in [1.165, 1.54) is 12.1 Å². The van der Waals surface area contributed by atoms with Crippen molar-refractivity contribution in [1.82, 2.24) is 0 Å². The fourth-order valence-electron chi connectivity index (χ4n) is 1.55. The van der Waals surface area contributed by atoms with Gasteiger partial charge in [-0.1, -0.05) is 6.07 Å². The van der Waals surface area contributed by atoms with Crippen LogP contribution in [-0.4, -0.2) is 0 Å². The van der Waals surface area contributed by atoms with Crippen LogP contribution in [0.15, 0.2) is 35.7 Å². The number of ether oxygens (including phenoxy) is 1. The maximum atomic E-state index is 13.1. The van der Waals surface area contributed by atoms with Crippen LogP contribution in [0.25, 0.3) is 0 Å². The molecule has 0 aliphatic heterocycles. The summed E-state index contributed by atoms with van der Waals surface area (Å²) in [5, 5.41) is 2.00. The van der Waals surface area contributed by atoms with Crippen molar-refractivity contribution < 1.29 is 9.13 Å². The SMILES string of the molecule is C[C@@H](N)c1cc(F)ccc1OCc1cccs1. The van der Waals surface area contributed by atoms with Gasteiger partial charge in [0.25, 0.3) is 0 Å². The van der Waals surface area contributed by atoms with Gasteiger partial charge in [0.15, 0.2) is 0 Å². The van der Waals surface area contributed by atoms with Crippen molar-refractivity contribution in [3.05, 3.63) is 52.0 Å².